The van der Waals surface area contributed by atoms with Crippen LogP contribution >= 0.6 is 0 Å². The molecule has 4 nitrogen and oxygen atoms in total. The predicted molar refractivity (Wildman–Crippen MR) is 86.7 cm³/mol. The molecule has 114 valence electrons. The minimum atomic E-state index is 0.565. The highest BCUT2D eigenvalue weighted by Crippen LogP contribution is 2.23. The van der Waals surface area contributed by atoms with Gasteiger partial charge in [0, 0.05) is 37.3 Å². The zero-order chi connectivity index (χ0) is 14.8. The first-order valence-corrected chi connectivity index (χ1v) is 8.05. The van der Waals surface area contributed by atoms with Gasteiger partial charge in [-0.1, -0.05) is 6.92 Å². The molecule has 1 fully saturated rings. The van der Waals surface area contributed by atoms with Crippen LogP contribution in [-0.4, -0.2) is 35.1 Å². The smallest absolute Gasteiger partial charge is 0.195 e. The van der Waals surface area contributed by atoms with E-state index >= 15 is 0 Å². The Morgan fingerprint density at radius 3 is 2.76 bits per heavy atom. The molecule has 21 heavy (non-hydrogen) atoms. The van der Waals surface area contributed by atoms with Crippen molar-refractivity contribution in [3.63, 3.8) is 0 Å². The number of fused-ring (bicyclic) bond motifs is 1. The van der Waals surface area contributed by atoms with Crippen molar-refractivity contribution in [2.24, 2.45) is 0 Å². The highest BCUT2D eigenvalue weighted by atomic mass is 16.3. The van der Waals surface area contributed by atoms with Crippen LogP contribution in [0.15, 0.2) is 22.6 Å². The first-order chi connectivity index (χ1) is 10.2. The average Bonchev–Trinajstić information content (AvgIpc) is 2.90. The minimum Gasteiger partial charge on any atom is -0.441 e. The number of likely N-dealkylation sites (tertiary alicyclic amines) is 1. The molecule has 0 spiro atoms. The van der Waals surface area contributed by atoms with Crippen LogP contribution in [0.4, 0.5) is 5.69 Å². The van der Waals surface area contributed by atoms with E-state index in [1.165, 1.54) is 25.9 Å². The van der Waals surface area contributed by atoms with Crippen LogP contribution in [0.1, 0.15) is 39.5 Å². The van der Waals surface area contributed by atoms with Gasteiger partial charge in [0.1, 0.15) is 5.52 Å². The van der Waals surface area contributed by atoms with Gasteiger partial charge in [0.2, 0.25) is 0 Å². The van der Waals surface area contributed by atoms with Crippen molar-refractivity contribution in [2.75, 3.05) is 18.4 Å². The van der Waals surface area contributed by atoms with E-state index in [9.17, 15) is 0 Å². The van der Waals surface area contributed by atoms with Gasteiger partial charge < -0.3 is 14.6 Å². The largest absolute Gasteiger partial charge is 0.441 e. The van der Waals surface area contributed by atoms with Crippen LogP contribution < -0.4 is 5.32 Å². The zero-order valence-corrected chi connectivity index (χ0v) is 13.2. The summed E-state index contributed by atoms with van der Waals surface area (Å²) in [6.45, 7) is 8.98. The van der Waals surface area contributed by atoms with Crippen molar-refractivity contribution in [1.82, 2.24) is 9.88 Å². The summed E-state index contributed by atoms with van der Waals surface area (Å²) in [6.07, 6.45) is 3.25. The molecule has 0 amide bonds. The molecule has 1 saturated heterocycles. The quantitative estimate of drug-likeness (QED) is 0.931. The second kappa shape index (κ2) is 6.06. The summed E-state index contributed by atoms with van der Waals surface area (Å²) in [7, 11) is 0. The fraction of sp³-hybridized carbons (Fsp3) is 0.588. The van der Waals surface area contributed by atoms with Crippen molar-refractivity contribution < 1.29 is 4.42 Å². The number of aryl methyl sites for hydroxylation is 1. The molecule has 2 aromatic rings. The Kier molecular flexibility index (Phi) is 4.15. The summed E-state index contributed by atoms with van der Waals surface area (Å²) in [4.78, 5) is 7.05. The highest BCUT2D eigenvalue weighted by Gasteiger charge is 2.20. The summed E-state index contributed by atoms with van der Waals surface area (Å²) in [5.74, 6) is 0.812. The van der Waals surface area contributed by atoms with Gasteiger partial charge in [-0.25, -0.2) is 4.98 Å². The lowest BCUT2D eigenvalue weighted by molar-refractivity contribution is 0.177. The average molecular weight is 287 g/mol. The molecular weight excluding hydrogens is 262 g/mol. The van der Waals surface area contributed by atoms with Crippen LogP contribution in [0.3, 0.4) is 0 Å². The van der Waals surface area contributed by atoms with Gasteiger partial charge >= 0.3 is 0 Å². The van der Waals surface area contributed by atoms with E-state index in [4.69, 9.17) is 4.42 Å². The molecule has 1 aromatic carbocycles. The third kappa shape index (κ3) is 3.21. The number of nitrogens with zero attached hydrogens (tertiary/aromatic N) is 2. The lowest BCUT2D eigenvalue weighted by Gasteiger charge is -2.35. The molecule has 0 bridgehead atoms. The molecule has 1 aliphatic heterocycles. The fourth-order valence-corrected chi connectivity index (χ4v) is 3.01. The van der Waals surface area contributed by atoms with Gasteiger partial charge in [0.15, 0.2) is 11.5 Å². The third-order valence-corrected chi connectivity index (χ3v) is 4.36. The van der Waals surface area contributed by atoms with Crippen molar-refractivity contribution in [2.45, 2.75) is 52.1 Å². The number of rotatable bonds is 4. The van der Waals surface area contributed by atoms with Gasteiger partial charge in [-0.2, -0.15) is 0 Å². The SMILES string of the molecule is CCc1nc2cc(NC3CCN(C(C)C)CC3)ccc2o1. The Morgan fingerprint density at radius 1 is 1.33 bits per heavy atom. The molecule has 3 rings (SSSR count). The molecular formula is C17H25N3O. The fourth-order valence-electron chi connectivity index (χ4n) is 3.01. The molecule has 0 saturated carbocycles. The van der Waals surface area contributed by atoms with Gasteiger partial charge in [0.25, 0.3) is 0 Å². The maximum atomic E-state index is 5.66. The molecule has 1 aliphatic rings. The van der Waals surface area contributed by atoms with Crippen molar-refractivity contribution in [1.29, 1.82) is 0 Å². The number of piperidine rings is 1. The summed E-state index contributed by atoms with van der Waals surface area (Å²) in [6, 6.07) is 7.45. The highest BCUT2D eigenvalue weighted by molar-refractivity contribution is 5.77. The van der Waals surface area contributed by atoms with Crippen LogP contribution in [0.2, 0.25) is 0 Å². The summed E-state index contributed by atoms with van der Waals surface area (Å²) < 4.78 is 5.66. The molecule has 1 N–H and O–H groups in total. The van der Waals surface area contributed by atoms with Gasteiger partial charge in [-0.15, -0.1) is 0 Å². The zero-order valence-electron chi connectivity index (χ0n) is 13.2. The lowest BCUT2D eigenvalue weighted by Crippen LogP contribution is -2.42. The van der Waals surface area contributed by atoms with Gasteiger partial charge in [0.05, 0.1) is 0 Å². The lowest BCUT2D eigenvalue weighted by atomic mass is 10.0. The normalized spacial score (nSPS) is 17.7. The molecule has 4 heteroatoms. The van der Waals surface area contributed by atoms with Crippen LogP contribution in [0.5, 0.6) is 0 Å². The van der Waals surface area contributed by atoms with E-state index in [2.05, 4.69) is 48.1 Å². The van der Waals surface area contributed by atoms with E-state index in [-0.39, 0.29) is 0 Å². The first-order valence-electron chi connectivity index (χ1n) is 8.05. The van der Waals surface area contributed by atoms with Crippen molar-refractivity contribution >= 4 is 16.8 Å². The number of anilines is 1. The second-order valence-corrected chi connectivity index (χ2v) is 6.19. The number of nitrogens with one attached hydrogen (secondary N) is 1. The Bertz CT molecular complexity index is 597. The summed E-state index contributed by atoms with van der Waals surface area (Å²) >= 11 is 0. The molecule has 2 heterocycles. The maximum Gasteiger partial charge on any atom is 0.195 e. The van der Waals surface area contributed by atoms with Crippen LogP contribution in [0, 0.1) is 0 Å². The number of hydrogen-bond donors (Lipinski definition) is 1. The van der Waals surface area contributed by atoms with Crippen LogP contribution in [0.25, 0.3) is 11.1 Å². The summed E-state index contributed by atoms with van der Waals surface area (Å²) in [5.41, 5.74) is 2.99. The van der Waals surface area contributed by atoms with Crippen molar-refractivity contribution in [3.05, 3.63) is 24.1 Å². The molecule has 1 aromatic heterocycles. The van der Waals surface area contributed by atoms with E-state index in [1.807, 2.05) is 6.07 Å². The minimum absolute atomic E-state index is 0.565. The number of benzene rings is 1. The van der Waals surface area contributed by atoms with E-state index in [1.54, 1.807) is 0 Å². The topological polar surface area (TPSA) is 41.3 Å². The summed E-state index contributed by atoms with van der Waals surface area (Å²) in [5, 5.41) is 3.65. The van der Waals surface area contributed by atoms with Crippen LogP contribution in [-0.2, 0) is 6.42 Å². The Balaban J connectivity index is 1.65. The Labute approximate surface area is 126 Å². The number of hydrogen-bond acceptors (Lipinski definition) is 4. The molecule has 0 atom stereocenters. The first kappa shape index (κ1) is 14.4. The number of aromatic nitrogens is 1. The molecule has 0 unspecified atom stereocenters. The van der Waals surface area contributed by atoms with E-state index in [0.29, 0.717) is 12.1 Å². The van der Waals surface area contributed by atoms with E-state index in [0.717, 1.165) is 29.1 Å². The Morgan fingerprint density at radius 2 is 2.10 bits per heavy atom. The monoisotopic (exact) mass is 287 g/mol. The van der Waals surface area contributed by atoms with Crippen molar-refractivity contribution in [3.8, 4) is 0 Å². The predicted octanol–water partition coefficient (Wildman–Crippen LogP) is 3.67. The Hall–Kier alpha value is -1.55. The molecule has 0 radical (unpaired) electrons. The molecule has 0 aliphatic carbocycles. The standard InChI is InChI=1S/C17H25N3O/c1-4-17-19-15-11-14(5-6-16(15)21-17)18-13-7-9-20(10-8-13)12(2)3/h5-6,11-13,18H,4,7-10H2,1-3H3. The number of oxazole rings is 1. The second-order valence-electron chi connectivity index (χ2n) is 6.19. The van der Waals surface area contributed by atoms with E-state index < -0.39 is 0 Å². The van der Waals surface area contributed by atoms with Gasteiger partial charge in [-0.3, -0.25) is 0 Å². The maximum absolute atomic E-state index is 5.66. The van der Waals surface area contributed by atoms with Gasteiger partial charge in [-0.05, 0) is 44.9 Å². The third-order valence-electron chi connectivity index (χ3n) is 4.36.